The highest BCUT2D eigenvalue weighted by Gasteiger charge is 2.10. The lowest BCUT2D eigenvalue weighted by Crippen LogP contribution is -2.28. The van der Waals surface area contributed by atoms with Crippen LogP contribution in [0.4, 0.5) is 10.2 Å². The van der Waals surface area contributed by atoms with Gasteiger partial charge >= 0.3 is 0 Å². The first-order chi connectivity index (χ1) is 12.2. The molecule has 0 aliphatic heterocycles. The van der Waals surface area contributed by atoms with E-state index in [0.717, 1.165) is 10.9 Å². The van der Waals surface area contributed by atoms with E-state index >= 15 is 0 Å². The number of anilines is 1. The van der Waals surface area contributed by atoms with Crippen molar-refractivity contribution >= 4 is 34.4 Å². The van der Waals surface area contributed by atoms with Gasteiger partial charge in [-0.25, -0.2) is 19.0 Å². The SMILES string of the molecule is O=C(CCl)NCCn1ncc2c(NCc3ccc(F)cc3)ncnc21. The van der Waals surface area contributed by atoms with Crippen molar-refractivity contribution in [1.29, 1.82) is 0 Å². The molecule has 0 saturated heterocycles. The van der Waals surface area contributed by atoms with E-state index in [1.165, 1.54) is 18.5 Å². The number of rotatable bonds is 7. The van der Waals surface area contributed by atoms with Gasteiger partial charge in [-0.3, -0.25) is 4.79 Å². The third-order valence-corrected chi connectivity index (χ3v) is 3.82. The Morgan fingerprint density at radius 1 is 1.24 bits per heavy atom. The number of carbonyl (C=O) groups excluding carboxylic acids is 1. The molecule has 2 N–H and O–H groups in total. The van der Waals surface area contributed by atoms with Crippen LogP contribution in [0.25, 0.3) is 11.0 Å². The van der Waals surface area contributed by atoms with Gasteiger partial charge in [0.25, 0.3) is 0 Å². The Balaban J connectivity index is 1.69. The molecule has 3 rings (SSSR count). The number of carbonyl (C=O) groups is 1. The van der Waals surface area contributed by atoms with Gasteiger partial charge in [0.05, 0.1) is 18.1 Å². The van der Waals surface area contributed by atoms with Crippen LogP contribution in [0.1, 0.15) is 5.56 Å². The Bertz CT molecular complexity index is 867. The number of alkyl halides is 1. The fourth-order valence-electron chi connectivity index (χ4n) is 2.33. The van der Waals surface area contributed by atoms with Crippen molar-refractivity contribution in [1.82, 2.24) is 25.1 Å². The molecule has 130 valence electrons. The maximum Gasteiger partial charge on any atom is 0.234 e. The predicted octanol–water partition coefficient (Wildman–Crippen LogP) is 1.93. The van der Waals surface area contributed by atoms with Gasteiger partial charge in [0.15, 0.2) is 5.65 Å². The van der Waals surface area contributed by atoms with Crippen molar-refractivity contribution in [3.63, 3.8) is 0 Å². The van der Waals surface area contributed by atoms with Crippen molar-refractivity contribution < 1.29 is 9.18 Å². The molecule has 1 amide bonds. The van der Waals surface area contributed by atoms with Gasteiger partial charge in [0.1, 0.15) is 23.8 Å². The maximum atomic E-state index is 12.9. The average molecular weight is 363 g/mol. The van der Waals surface area contributed by atoms with E-state index in [0.29, 0.717) is 31.1 Å². The van der Waals surface area contributed by atoms with Crippen LogP contribution >= 0.6 is 11.6 Å². The lowest BCUT2D eigenvalue weighted by atomic mass is 10.2. The second-order valence-corrected chi connectivity index (χ2v) is 5.56. The summed E-state index contributed by atoms with van der Waals surface area (Å²) in [6.45, 7) is 1.38. The summed E-state index contributed by atoms with van der Waals surface area (Å²) in [5, 5.41) is 10.9. The molecule has 7 nitrogen and oxygen atoms in total. The van der Waals surface area contributed by atoms with Crippen molar-refractivity contribution in [2.24, 2.45) is 0 Å². The number of halogens is 2. The first-order valence-corrected chi connectivity index (χ1v) is 8.18. The van der Waals surface area contributed by atoms with Crippen LogP contribution in [-0.4, -0.2) is 38.1 Å². The molecule has 0 atom stereocenters. The van der Waals surface area contributed by atoms with E-state index in [1.54, 1.807) is 23.0 Å². The highest BCUT2D eigenvalue weighted by atomic mass is 35.5. The second kappa shape index (κ2) is 7.89. The number of benzene rings is 1. The molecule has 2 heterocycles. The summed E-state index contributed by atoms with van der Waals surface area (Å²) < 4.78 is 14.6. The first-order valence-electron chi connectivity index (χ1n) is 7.65. The summed E-state index contributed by atoms with van der Waals surface area (Å²) in [5.41, 5.74) is 1.60. The monoisotopic (exact) mass is 362 g/mol. The average Bonchev–Trinajstić information content (AvgIpc) is 3.05. The second-order valence-electron chi connectivity index (χ2n) is 5.29. The van der Waals surface area contributed by atoms with Crippen molar-refractivity contribution in [3.8, 4) is 0 Å². The van der Waals surface area contributed by atoms with Gasteiger partial charge in [-0.2, -0.15) is 5.10 Å². The van der Waals surface area contributed by atoms with Crippen molar-refractivity contribution in [2.45, 2.75) is 13.1 Å². The van der Waals surface area contributed by atoms with Crippen LogP contribution in [0.3, 0.4) is 0 Å². The summed E-state index contributed by atoms with van der Waals surface area (Å²) in [7, 11) is 0. The standard InChI is InChI=1S/C16H16ClFN6O/c17-7-14(25)19-5-6-24-16-13(9-23-24)15(21-10-22-16)20-8-11-1-3-12(18)4-2-11/h1-4,9-10H,5-8H2,(H,19,25)(H,20,21,22). The molecule has 9 heteroatoms. The zero-order valence-corrected chi connectivity index (χ0v) is 14.0. The van der Waals surface area contributed by atoms with Gasteiger partial charge < -0.3 is 10.6 Å². The number of fused-ring (bicyclic) bond motifs is 1. The van der Waals surface area contributed by atoms with E-state index < -0.39 is 0 Å². The van der Waals surface area contributed by atoms with E-state index in [-0.39, 0.29) is 17.6 Å². The summed E-state index contributed by atoms with van der Waals surface area (Å²) in [6.07, 6.45) is 3.12. The number of amides is 1. The summed E-state index contributed by atoms with van der Waals surface area (Å²) >= 11 is 5.44. The third-order valence-electron chi connectivity index (χ3n) is 3.57. The van der Waals surface area contributed by atoms with Gasteiger partial charge in [0.2, 0.25) is 5.91 Å². The summed E-state index contributed by atoms with van der Waals surface area (Å²) in [5.74, 6) is 0.0786. The molecule has 2 aromatic heterocycles. The fraction of sp³-hybridized carbons (Fsp3) is 0.250. The minimum absolute atomic E-state index is 0.0700. The summed E-state index contributed by atoms with van der Waals surface area (Å²) in [4.78, 5) is 19.7. The number of nitrogens with zero attached hydrogens (tertiary/aromatic N) is 4. The third kappa shape index (κ3) is 4.21. The number of aromatic nitrogens is 4. The van der Waals surface area contributed by atoms with Crippen LogP contribution in [-0.2, 0) is 17.9 Å². The molecule has 25 heavy (non-hydrogen) atoms. The lowest BCUT2D eigenvalue weighted by molar-refractivity contribution is -0.118. The molecule has 3 aromatic rings. The quantitative estimate of drug-likeness (QED) is 0.627. The largest absolute Gasteiger partial charge is 0.365 e. The Morgan fingerprint density at radius 2 is 2.04 bits per heavy atom. The van der Waals surface area contributed by atoms with Crippen LogP contribution in [0, 0.1) is 5.82 Å². The topological polar surface area (TPSA) is 84.7 Å². The molecule has 1 aromatic carbocycles. The molecule has 0 aliphatic rings. The predicted molar refractivity (Wildman–Crippen MR) is 92.8 cm³/mol. The van der Waals surface area contributed by atoms with Gasteiger partial charge in [-0.05, 0) is 17.7 Å². The molecule has 0 aliphatic carbocycles. The number of nitrogens with one attached hydrogen (secondary N) is 2. The Hall–Kier alpha value is -2.74. The molecular formula is C16H16ClFN6O. The minimum atomic E-state index is -0.268. The van der Waals surface area contributed by atoms with Crippen LogP contribution in [0.5, 0.6) is 0 Å². The van der Waals surface area contributed by atoms with Crippen molar-refractivity contribution in [2.75, 3.05) is 17.7 Å². The Morgan fingerprint density at radius 3 is 2.80 bits per heavy atom. The summed E-state index contributed by atoms with van der Waals surface area (Å²) in [6, 6.07) is 6.26. The van der Waals surface area contributed by atoms with Gasteiger partial charge in [-0.1, -0.05) is 12.1 Å². The van der Waals surface area contributed by atoms with E-state index in [1.807, 2.05) is 0 Å². The molecule has 0 unspecified atom stereocenters. The normalized spacial score (nSPS) is 10.8. The van der Waals surface area contributed by atoms with Crippen LogP contribution in [0.15, 0.2) is 36.8 Å². The highest BCUT2D eigenvalue weighted by Crippen LogP contribution is 2.19. The van der Waals surface area contributed by atoms with Gasteiger partial charge in [-0.15, -0.1) is 11.6 Å². The zero-order valence-electron chi connectivity index (χ0n) is 13.2. The van der Waals surface area contributed by atoms with Crippen LogP contribution in [0.2, 0.25) is 0 Å². The Labute approximate surface area is 148 Å². The smallest absolute Gasteiger partial charge is 0.234 e. The fourth-order valence-corrected chi connectivity index (χ4v) is 2.43. The van der Waals surface area contributed by atoms with E-state index in [2.05, 4.69) is 25.7 Å². The maximum absolute atomic E-state index is 12.9. The Kier molecular flexibility index (Phi) is 5.39. The van der Waals surface area contributed by atoms with Crippen LogP contribution < -0.4 is 10.6 Å². The lowest BCUT2D eigenvalue weighted by Gasteiger charge is -2.07. The molecule has 0 bridgehead atoms. The van der Waals surface area contributed by atoms with Gasteiger partial charge in [0, 0.05) is 13.1 Å². The van der Waals surface area contributed by atoms with Crippen molar-refractivity contribution in [3.05, 3.63) is 48.2 Å². The molecular weight excluding hydrogens is 347 g/mol. The first kappa shape index (κ1) is 17.1. The number of hydrogen-bond acceptors (Lipinski definition) is 5. The molecule has 0 saturated carbocycles. The molecule has 0 spiro atoms. The molecule has 0 fully saturated rings. The minimum Gasteiger partial charge on any atom is -0.365 e. The highest BCUT2D eigenvalue weighted by molar-refractivity contribution is 6.27. The zero-order chi connectivity index (χ0) is 17.6. The van der Waals surface area contributed by atoms with E-state index in [9.17, 15) is 9.18 Å². The molecule has 0 radical (unpaired) electrons. The number of hydrogen-bond donors (Lipinski definition) is 2. The van der Waals surface area contributed by atoms with E-state index in [4.69, 9.17) is 11.6 Å².